The van der Waals surface area contributed by atoms with Crippen molar-refractivity contribution in [3.05, 3.63) is 64.9 Å². The van der Waals surface area contributed by atoms with Gasteiger partial charge in [0.15, 0.2) is 0 Å². The summed E-state index contributed by atoms with van der Waals surface area (Å²) in [5, 5.41) is 17.5. The lowest BCUT2D eigenvalue weighted by Gasteiger charge is -2.15. The number of hydrogen-bond acceptors (Lipinski definition) is 7. The van der Waals surface area contributed by atoms with Gasteiger partial charge in [-0.3, -0.25) is 9.48 Å². The van der Waals surface area contributed by atoms with Crippen LogP contribution < -0.4 is 5.32 Å². The Labute approximate surface area is 167 Å². The van der Waals surface area contributed by atoms with Crippen molar-refractivity contribution >= 4 is 22.9 Å². The lowest BCUT2D eigenvalue weighted by molar-refractivity contribution is 0.104. The van der Waals surface area contributed by atoms with E-state index in [-0.39, 0.29) is 17.7 Å². The number of ketones is 1. The fourth-order valence-electron chi connectivity index (χ4n) is 3.51. The minimum atomic E-state index is -0.428. The van der Waals surface area contributed by atoms with E-state index in [1.54, 1.807) is 12.4 Å². The van der Waals surface area contributed by atoms with Crippen molar-refractivity contribution in [2.45, 2.75) is 38.5 Å². The number of aromatic nitrogens is 4. The first-order chi connectivity index (χ1) is 13.5. The van der Waals surface area contributed by atoms with Crippen molar-refractivity contribution in [3.8, 4) is 0 Å². The molecule has 0 spiro atoms. The van der Waals surface area contributed by atoms with E-state index in [0.29, 0.717) is 29.2 Å². The average Bonchev–Trinajstić information content (AvgIpc) is 3.38. The minimum Gasteiger partial charge on any atom is -0.393 e. The average molecular weight is 396 g/mol. The summed E-state index contributed by atoms with van der Waals surface area (Å²) in [4.78, 5) is 23.2. The number of thiophene rings is 1. The molecule has 0 unspecified atom stereocenters. The van der Waals surface area contributed by atoms with Crippen LogP contribution in [0, 0.1) is 19.8 Å². The smallest absolute Gasteiger partial charge is 0.208 e. The highest BCUT2D eigenvalue weighted by Crippen LogP contribution is 2.30. The second-order valence-corrected chi connectivity index (χ2v) is 8.41. The van der Waals surface area contributed by atoms with Crippen LogP contribution in [0.5, 0.6) is 0 Å². The molecule has 7 nitrogen and oxygen atoms in total. The van der Waals surface area contributed by atoms with Crippen molar-refractivity contribution in [3.63, 3.8) is 0 Å². The largest absolute Gasteiger partial charge is 0.393 e. The summed E-state index contributed by atoms with van der Waals surface area (Å²) in [6.07, 6.45) is 7.52. The van der Waals surface area contributed by atoms with Crippen LogP contribution in [0.4, 0.5) is 5.82 Å². The molecule has 145 valence electrons. The number of aryl methyl sites for hydroxylation is 1. The fourth-order valence-corrected chi connectivity index (χ4v) is 4.50. The summed E-state index contributed by atoms with van der Waals surface area (Å²) in [6.45, 7) is 6.60. The normalized spacial score (nSPS) is 21.8. The van der Waals surface area contributed by atoms with Crippen molar-refractivity contribution < 1.29 is 9.90 Å². The van der Waals surface area contributed by atoms with Gasteiger partial charge in [-0.05, 0) is 50.3 Å². The van der Waals surface area contributed by atoms with Crippen molar-refractivity contribution in [1.82, 2.24) is 19.7 Å². The number of aliphatic hydroxyl groups excluding tert-OH is 1. The van der Waals surface area contributed by atoms with Gasteiger partial charge in [-0.1, -0.05) is 0 Å². The van der Waals surface area contributed by atoms with Crippen molar-refractivity contribution in [2.75, 3.05) is 5.32 Å². The van der Waals surface area contributed by atoms with E-state index in [1.807, 2.05) is 29.9 Å². The second-order valence-electron chi connectivity index (χ2n) is 7.15. The van der Waals surface area contributed by atoms with Crippen LogP contribution in [0.3, 0.4) is 0 Å². The maximum absolute atomic E-state index is 13.1. The molecule has 1 fully saturated rings. The Bertz CT molecular complexity index is 959. The Morgan fingerprint density at radius 1 is 1.46 bits per heavy atom. The molecule has 3 atom stereocenters. The van der Waals surface area contributed by atoms with E-state index in [1.165, 1.54) is 17.7 Å². The molecule has 3 aromatic rings. The van der Waals surface area contributed by atoms with Gasteiger partial charge in [0, 0.05) is 29.5 Å². The summed E-state index contributed by atoms with van der Waals surface area (Å²) in [5.41, 5.74) is 1.51. The van der Waals surface area contributed by atoms with Gasteiger partial charge in [-0.2, -0.15) is 5.10 Å². The molecule has 3 aromatic heterocycles. The van der Waals surface area contributed by atoms with Gasteiger partial charge in [0.2, 0.25) is 5.78 Å². The SMILES string of the molecule is [CH2][C@@H]1C[C@@H](Nc2ncncc2C(=O)c2cc(Cn3cccn3)c(C)s2)C[C@@H]1O. The molecule has 0 aliphatic heterocycles. The van der Waals surface area contributed by atoms with Crippen molar-refractivity contribution in [1.29, 1.82) is 0 Å². The number of anilines is 1. The number of rotatable bonds is 6. The zero-order chi connectivity index (χ0) is 19.7. The Balaban J connectivity index is 1.55. The molecule has 1 saturated carbocycles. The number of hydrogen-bond donors (Lipinski definition) is 2. The van der Waals surface area contributed by atoms with Gasteiger partial charge in [0.1, 0.15) is 12.1 Å². The monoisotopic (exact) mass is 396 g/mol. The number of carbonyl (C=O) groups is 1. The van der Waals surface area contributed by atoms with Crippen LogP contribution >= 0.6 is 11.3 Å². The third-order valence-corrected chi connectivity index (χ3v) is 6.18. The first-order valence-electron chi connectivity index (χ1n) is 9.20. The highest BCUT2D eigenvalue weighted by atomic mass is 32.1. The third-order valence-electron chi connectivity index (χ3n) is 5.09. The quantitative estimate of drug-likeness (QED) is 0.623. The Morgan fingerprint density at radius 2 is 2.32 bits per heavy atom. The predicted molar refractivity (Wildman–Crippen MR) is 107 cm³/mol. The van der Waals surface area contributed by atoms with E-state index in [0.717, 1.165) is 16.9 Å². The Morgan fingerprint density at radius 3 is 3.04 bits per heavy atom. The topological polar surface area (TPSA) is 92.9 Å². The fraction of sp³-hybridized carbons (Fsp3) is 0.350. The van der Waals surface area contributed by atoms with E-state index in [2.05, 4.69) is 27.3 Å². The number of carbonyl (C=O) groups excluding carboxylic acids is 1. The number of aliphatic hydroxyl groups is 1. The third kappa shape index (κ3) is 3.83. The van der Waals surface area contributed by atoms with Crippen LogP contribution in [-0.4, -0.2) is 42.8 Å². The minimum absolute atomic E-state index is 0.0108. The Kier molecular flexibility index (Phi) is 5.23. The predicted octanol–water partition coefficient (Wildman–Crippen LogP) is 2.71. The molecule has 28 heavy (non-hydrogen) atoms. The first-order valence-corrected chi connectivity index (χ1v) is 10.0. The van der Waals surface area contributed by atoms with Crippen LogP contribution in [-0.2, 0) is 6.54 Å². The van der Waals surface area contributed by atoms with E-state index in [4.69, 9.17) is 0 Å². The Hall–Kier alpha value is -2.58. The highest BCUT2D eigenvalue weighted by molar-refractivity contribution is 7.14. The first kappa shape index (κ1) is 18.8. The summed E-state index contributed by atoms with van der Waals surface area (Å²) in [6, 6.07) is 3.84. The molecule has 0 amide bonds. The summed E-state index contributed by atoms with van der Waals surface area (Å²) >= 11 is 1.47. The number of nitrogens with zero attached hydrogens (tertiary/aromatic N) is 4. The summed E-state index contributed by atoms with van der Waals surface area (Å²) in [5.74, 6) is 0.391. The molecule has 8 heteroatoms. The van der Waals surface area contributed by atoms with Gasteiger partial charge in [-0.25, -0.2) is 9.97 Å². The molecule has 0 saturated heterocycles. The van der Waals surface area contributed by atoms with Gasteiger partial charge < -0.3 is 10.4 Å². The maximum atomic E-state index is 13.1. The summed E-state index contributed by atoms with van der Waals surface area (Å²) < 4.78 is 1.84. The molecule has 2 N–H and O–H groups in total. The molecule has 1 radical (unpaired) electrons. The molecule has 4 rings (SSSR count). The lowest BCUT2D eigenvalue weighted by Crippen LogP contribution is -2.20. The standard InChI is InChI=1S/C20H22N5O2S/c1-12-6-15(8-17(12)26)24-20-16(9-21-11-22-20)19(27)18-7-14(13(2)28-18)10-25-5-3-4-23-25/h3-5,7,9,11-12,15,17,26H,1,6,8,10H2,2H3,(H,21,22,24)/t12-,15-,17+/m1/s1. The molecule has 0 aromatic carbocycles. The van der Waals surface area contributed by atoms with E-state index in [9.17, 15) is 9.90 Å². The molecule has 3 heterocycles. The van der Waals surface area contributed by atoms with Crippen LogP contribution in [0.15, 0.2) is 37.1 Å². The second kappa shape index (κ2) is 7.81. The molecule has 1 aliphatic carbocycles. The van der Waals surface area contributed by atoms with Crippen LogP contribution in [0.25, 0.3) is 0 Å². The maximum Gasteiger partial charge on any atom is 0.208 e. The van der Waals surface area contributed by atoms with E-state index < -0.39 is 6.10 Å². The number of nitrogens with one attached hydrogen (secondary N) is 1. The molecule has 0 bridgehead atoms. The zero-order valence-electron chi connectivity index (χ0n) is 15.6. The van der Waals surface area contributed by atoms with Gasteiger partial charge >= 0.3 is 0 Å². The molecule has 1 aliphatic rings. The highest BCUT2D eigenvalue weighted by Gasteiger charge is 2.31. The summed E-state index contributed by atoms with van der Waals surface area (Å²) in [7, 11) is 0. The molecular weight excluding hydrogens is 374 g/mol. The lowest BCUT2D eigenvalue weighted by atomic mass is 10.1. The van der Waals surface area contributed by atoms with E-state index >= 15 is 0 Å². The van der Waals surface area contributed by atoms with Gasteiger partial charge in [0.05, 0.1) is 23.1 Å². The van der Waals surface area contributed by atoms with Crippen molar-refractivity contribution in [2.24, 2.45) is 5.92 Å². The van der Waals surface area contributed by atoms with Gasteiger partial charge in [-0.15, -0.1) is 11.3 Å². The molecular formula is C20H22N5O2S. The van der Waals surface area contributed by atoms with Crippen LogP contribution in [0.1, 0.15) is 38.5 Å². The van der Waals surface area contributed by atoms with Gasteiger partial charge in [0.25, 0.3) is 0 Å². The zero-order valence-corrected chi connectivity index (χ0v) is 16.4. The van der Waals surface area contributed by atoms with Crippen LogP contribution in [0.2, 0.25) is 0 Å².